The molecule has 0 bridgehead atoms. The fourth-order valence-electron chi connectivity index (χ4n) is 5.14. The lowest BCUT2D eigenvalue weighted by molar-refractivity contribution is -0.160. The molecule has 0 saturated heterocycles. The van der Waals surface area contributed by atoms with E-state index in [1.54, 1.807) is 6.92 Å². The van der Waals surface area contributed by atoms with Crippen LogP contribution in [0.2, 0.25) is 0 Å². The van der Waals surface area contributed by atoms with Crippen LogP contribution in [0.5, 0.6) is 5.75 Å². The van der Waals surface area contributed by atoms with Crippen molar-refractivity contribution in [3.63, 3.8) is 0 Å². The quantitative estimate of drug-likeness (QED) is 0.270. The Bertz CT molecular complexity index is 1190. The van der Waals surface area contributed by atoms with Gasteiger partial charge in [0.25, 0.3) is 5.91 Å². The number of primary amides is 1. The number of benzene rings is 1. The van der Waals surface area contributed by atoms with Crippen molar-refractivity contribution in [2.45, 2.75) is 31.0 Å². The van der Waals surface area contributed by atoms with Gasteiger partial charge in [0.1, 0.15) is 22.8 Å². The van der Waals surface area contributed by atoms with Crippen molar-refractivity contribution in [1.29, 1.82) is 5.39 Å². The number of hydrogen-bond donors (Lipinski definition) is 6. The lowest BCUT2D eigenvalue weighted by atomic mass is 9.55. The van der Waals surface area contributed by atoms with Crippen molar-refractivity contribution in [2.75, 3.05) is 0 Å². The summed E-state index contributed by atoms with van der Waals surface area (Å²) in [5.41, 5.74) is 0.664. The molecule has 1 fully saturated rings. The molecular weight excluding hydrogens is 410 g/mol. The minimum absolute atomic E-state index is 0.0233. The van der Waals surface area contributed by atoms with Gasteiger partial charge in [-0.1, -0.05) is 6.92 Å². The molecule has 31 heavy (non-hydrogen) atoms. The zero-order valence-corrected chi connectivity index (χ0v) is 16.1. The molecule has 2 unspecified atom stereocenters. The van der Waals surface area contributed by atoms with Crippen LogP contribution in [-0.4, -0.2) is 54.7 Å². The largest absolute Gasteiger partial charge is 0.508 e. The molecule has 0 radical (unpaired) electrons. The predicted molar refractivity (Wildman–Crippen MR) is 102 cm³/mol. The number of amides is 1. The van der Waals surface area contributed by atoms with Gasteiger partial charge in [-0.3, -0.25) is 14.4 Å². The number of rotatable bonds is 1. The van der Waals surface area contributed by atoms with Crippen molar-refractivity contribution in [3.8, 4) is 5.75 Å². The number of aliphatic hydroxyl groups excluding tert-OH is 3. The second-order valence-corrected chi connectivity index (χ2v) is 7.98. The fourth-order valence-corrected chi connectivity index (χ4v) is 5.14. The summed E-state index contributed by atoms with van der Waals surface area (Å²) in [6.45, 7) is 1.54. The lowest BCUT2D eigenvalue weighted by Gasteiger charge is -2.50. The topological polar surface area (TPSA) is 207 Å². The third-order valence-electron chi connectivity index (χ3n) is 6.56. The van der Waals surface area contributed by atoms with Gasteiger partial charge < -0.3 is 31.3 Å². The standard InChI is InChI=1S/C20H17N3O8/c1-5-10-7(23-22)2-3-8(24)12(10)16(27)14-11(5)15(26)6-4-9(25)13(19(21)30)17(28)20(6,31)18(14)29/h2-3,5-6,11,15,26,31H,4H2,1H3,(H4-,21,24,25,27,28,29,30)/p+1/t5?,6-,11-,15?,20-/m1/s1. The van der Waals surface area contributed by atoms with Crippen LogP contribution in [0.4, 0.5) is 5.69 Å². The van der Waals surface area contributed by atoms with E-state index in [0.717, 1.165) is 6.07 Å². The molecule has 7 N–H and O–H groups in total. The molecule has 1 amide bonds. The van der Waals surface area contributed by atoms with Crippen LogP contribution in [-0.2, 0) is 14.4 Å². The van der Waals surface area contributed by atoms with Gasteiger partial charge in [-0.05, 0) is 12.0 Å². The predicted octanol–water partition coefficient (Wildman–Crippen LogP) is 0.440. The molecule has 0 aromatic heterocycles. The zero-order valence-electron chi connectivity index (χ0n) is 16.1. The van der Waals surface area contributed by atoms with Gasteiger partial charge in [-0.15, -0.1) is 0 Å². The molecule has 0 aliphatic heterocycles. The van der Waals surface area contributed by atoms with Crippen molar-refractivity contribution in [2.24, 2.45) is 17.6 Å². The number of Topliss-reactive ketones (excluding diaryl/α,β-unsaturated/α-hetero) is 2. The van der Waals surface area contributed by atoms with Gasteiger partial charge in [-0.2, -0.15) is 0 Å². The van der Waals surface area contributed by atoms with Crippen molar-refractivity contribution < 1.29 is 39.9 Å². The SMILES string of the molecule is CC1c2c([N+]#N)ccc(O)c2C(O)=C2C(=O)[C@]3(O)C(O)=C(C(N)=O)C(=O)C[C@@H]3C(O)[C@@H]21. The number of aliphatic hydroxyl groups is 4. The third kappa shape index (κ3) is 2.34. The van der Waals surface area contributed by atoms with Crippen LogP contribution in [0, 0.1) is 17.2 Å². The number of fused-ring (bicyclic) bond motifs is 3. The minimum Gasteiger partial charge on any atom is -0.508 e. The van der Waals surface area contributed by atoms with Crippen LogP contribution in [0.3, 0.4) is 0 Å². The molecular formula is C20H18N3O8+. The molecule has 11 heteroatoms. The number of nitrogens with two attached hydrogens (primary N) is 1. The lowest BCUT2D eigenvalue weighted by Crippen LogP contribution is -2.63. The molecule has 11 nitrogen and oxygen atoms in total. The van der Waals surface area contributed by atoms with Crippen LogP contribution in [0.15, 0.2) is 29.0 Å². The summed E-state index contributed by atoms with van der Waals surface area (Å²) in [6.07, 6.45) is -2.30. The summed E-state index contributed by atoms with van der Waals surface area (Å²) < 4.78 is 0. The molecule has 3 aliphatic rings. The number of phenolic OH excluding ortho intramolecular Hbond substituents is 1. The Labute approximate surface area is 174 Å². The maximum absolute atomic E-state index is 13.4. The number of aromatic hydroxyl groups is 1. The normalized spacial score (nSPS) is 32.2. The van der Waals surface area contributed by atoms with Gasteiger partial charge in [0, 0.05) is 29.9 Å². The van der Waals surface area contributed by atoms with Gasteiger partial charge in [0.05, 0.1) is 17.2 Å². The number of diazo groups is 1. The summed E-state index contributed by atoms with van der Waals surface area (Å²) in [6, 6.07) is 2.40. The number of hydrogen-bond acceptors (Lipinski definition) is 9. The summed E-state index contributed by atoms with van der Waals surface area (Å²) in [4.78, 5) is 40.5. The van der Waals surface area contributed by atoms with Crippen molar-refractivity contribution in [3.05, 3.63) is 45.1 Å². The van der Waals surface area contributed by atoms with Crippen LogP contribution in [0.25, 0.3) is 10.7 Å². The third-order valence-corrected chi connectivity index (χ3v) is 6.56. The van der Waals surface area contributed by atoms with E-state index in [1.165, 1.54) is 6.07 Å². The van der Waals surface area contributed by atoms with E-state index >= 15 is 0 Å². The van der Waals surface area contributed by atoms with Gasteiger partial charge in [0.15, 0.2) is 16.4 Å². The number of phenols is 1. The summed E-state index contributed by atoms with van der Waals surface area (Å²) in [5, 5.41) is 63.2. The average molecular weight is 428 g/mol. The Morgan fingerprint density at radius 1 is 1.26 bits per heavy atom. The Morgan fingerprint density at radius 3 is 2.48 bits per heavy atom. The second kappa shape index (κ2) is 6.37. The first kappa shape index (κ1) is 20.5. The molecule has 1 saturated carbocycles. The maximum atomic E-state index is 13.4. The van der Waals surface area contributed by atoms with Gasteiger partial charge in [-0.25, -0.2) is 0 Å². The van der Waals surface area contributed by atoms with Gasteiger partial charge >= 0.3 is 5.69 Å². The number of carbonyl (C=O) groups is 3. The highest BCUT2D eigenvalue weighted by Crippen LogP contribution is 2.57. The van der Waals surface area contributed by atoms with E-state index in [2.05, 4.69) is 4.98 Å². The summed E-state index contributed by atoms with van der Waals surface area (Å²) >= 11 is 0. The van der Waals surface area contributed by atoms with E-state index in [-0.39, 0.29) is 16.8 Å². The molecule has 4 rings (SSSR count). The van der Waals surface area contributed by atoms with E-state index in [0.29, 0.717) is 0 Å². The minimum atomic E-state index is -2.89. The zero-order chi connectivity index (χ0) is 23.0. The van der Waals surface area contributed by atoms with E-state index in [4.69, 9.17) is 5.73 Å². The molecule has 1 aromatic rings. The van der Waals surface area contributed by atoms with Crippen LogP contribution >= 0.6 is 0 Å². The highest BCUT2D eigenvalue weighted by molar-refractivity contribution is 6.23. The second-order valence-electron chi connectivity index (χ2n) is 7.98. The Kier molecular flexibility index (Phi) is 4.22. The van der Waals surface area contributed by atoms with Crippen molar-refractivity contribution in [1.82, 2.24) is 0 Å². The van der Waals surface area contributed by atoms with Crippen LogP contribution in [0.1, 0.15) is 30.4 Å². The summed E-state index contributed by atoms with van der Waals surface area (Å²) in [7, 11) is 0. The number of ketones is 2. The molecule has 5 atom stereocenters. The van der Waals surface area contributed by atoms with E-state index < -0.39 is 81.8 Å². The maximum Gasteiger partial charge on any atom is 0.389 e. The molecule has 160 valence electrons. The Hall–Kier alpha value is -3.75. The monoisotopic (exact) mass is 428 g/mol. The van der Waals surface area contributed by atoms with Gasteiger partial charge in [0.2, 0.25) is 11.2 Å². The number of nitrogens with zero attached hydrogens (tertiary/aromatic N) is 2. The fraction of sp³-hybridized carbons (Fsp3) is 0.350. The first-order valence-corrected chi connectivity index (χ1v) is 9.34. The molecule has 1 aromatic carbocycles. The Morgan fingerprint density at radius 2 is 1.90 bits per heavy atom. The highest BCUT2D eigenvalue weighted by Gasteiger charge is 2.65. The first-order valence-electron chi connectivity index (χ1n) is 9.34. The van der Waals surface area contributed by atoms with E-state index in [9.17, 15) is 45.3 Å². The molecule has 0 heterocycles. The highest BCUT2D eigenvalue weighted by atomic mass is 16.4. The van der Waals surface area contributed by atoms with E-state index in [1.807, 2.05) is 0 Å². The van der Waals surface area contributed by atoms with Crippen molar-refractivity contribution >= 4 is 28.9 Å². The average Bonchev–Trinajstić information content (AvgIpc) is 2.70. The number of carbonyl (C=O) groups excluding carboxylic acids is 3. The molecule has 0 spiro atoms. The smallest absolute Gasteiger partial charge is 0.389 e. The van der Waals surface area contributed by atoms with Crippen LogP contribution < -0.4 is 5.73 Å². The summed E-state index contributed by atoms with van der Waals surface area (Å²) in [5.74, 6) is -9.60. The first-order chi connectivity index (χ1) is 14.5. The molecule has 3 aliphatic carbocycles. The Balaban J connectivity index is 2.05.